The summed E-state index contributed by atoms with van der Waals surface area (Å²) < 4.78 is 101. The molecule has 4 aromatic carbocycles. The molecular weight excluding hydrogens is 1570 g/mol. The van der Waals surface area contributed by atoms with E-state index in [1.54, 1.807) is 24.5 Å². The van der Waals surface area contributed by atoms with Crippen molar-refractivity contribution in [2.24, 2.45) is 0 Å². The minimum absolute atomic E-state index is 0.0176. The third kappa shape index (κ3) is 31.0. The summed E-state index contributed by atoms with van der Waals surface area (Å²) in [5, 5.41) is 32.1. The largest absolute Gasteiger partial charge is 0.542 e. The number of fused-ring (bicyclic) bond motifs is 4. The fourth-order valence-electron chi connectivity index (χ4n) is 16.7. The van der Waals surface area contributed by atoms with Gasteiger partial charge in [0.1, 0.15) is 123 Å². The fraction of sp³-hybridized carbons (Fsp3) is 0.581. The van der Waals surface area contributed by atoms with Crippen LogP contribution in [0.4, 0.5) is 0 Å². The van der Waals surface area contributed by atoms with Gasteiger partial charge < -0.3 is 62.2 Å². The quantitative estimate of drug-likeness (QED) is 0.0161. The van der Waals surface area contributed by atoms with Gasteiger partial charge >= 0.3 is 11.9 Å². The maximum Gasteiger partial charge on any atom is 0.349 e. The number of carboxylic acids is 2. The van der Waals surface area contributed by atoms with Crippen molar-refractivity contribution in [2.45, 2.75) is 383 Å². The zero-order chi connectivity index (χ0) is 94.4. The highest BCUT2D eigenvalue weighted by atomic mass is 16.7. The number of aromatic nitrogens is 2. The van der Waals surface area contributed by atoms with E-state index in [0.717, 1.165) is 101 Å². The third-order valence-corrected chi connectivity index (χ3v) is 24.5. The first-order valence-electron chi connectivity index (χ1n) is 49.9. The van der Waals surface area contributed by atoms with Crippen molar-refractivity contribution >= 4 is 45.8 Å². The van der Waals surface area contributed by atoms with Crippen LogP contribution in [0.5, 0.6) is 34.5 Å². The summed E-state index contributed by atoms with van der Waals surface area (Å²) in [4.78, 5) is 73.4. The van der Waals surface area contributed by atoms with Gasteiger partial charge in [-0.2, -0.15) is 0 Å². The number of aromatic carboxylic acids is 2. The van der Waals surface area contributed by atoms with Crippen LogP contribution in [0.2, 0.25) is 0 Å². The monoisotopic (exact) mass is 1730 g/mol. The highest BCUT2D eigenvalue weighted by Crippen LogP contribution is 2.47. The molecule has 0 fully saturated rings. The molecule has 19 heteroatoms. The van der Waals surface area contributed by atoms with Crippen molar-refractivity contribution < 1.29 is 89.1 Å². The Hall–Kier alpha value is -9.36. The number of hydrogen-bond donors (Lipinski definition) is 1. The van der Waals surface area contributed by atoms with Crippen LogP contribution >= 0.6 is 0 Å². The molecule has 0 spiro atoms. The van der Waals surface area contributed by atoms with Crippen molar-refractivity contribution in [2.75, 3.05) is 13.2 Å². The fourth-order valence-corrected chi connectivity index (χ4v) is 16.7. The van der Waals surface area contributed by atoms with Crippen molar-refractivity contribution in [1.82, 2.24) is 0 Å². The van der Waals surface area contributed by atoms with Gasteiger partial charge in [-0.15, -0.1) is 0 Å². The van der Waals surface area contributed by atoms with Crippen LogP contribution in [-0.4, -0.2) is 59.5 Å². The summed E-state index contributed by atoms with van der Waals surface area (Å²) in [5.74, 6) is -3.86. The van der Waals surface area contributed by atoms with Gasteiger partial charge in [-0.25, -0.2) is 18.7 Å². The highest BCUT2D eigenvalue weighted by molar-refractivity contribution is 5.92. The number of carbonyl (C=O) groups is 4. The van der Waals surface area contributed by atoms with E-state index in [1.165, 1.54) is 229 Å². The maximum atomic E-state index is 13.4. The summed E-state index contributed by atoms with van der Waals surface area (Å²) in [6.07, 6.45) is 57.4. The molecular formula is C105H146N2O17. The normalized spacial score (nSPS) is 15.5. The van der Waals surface area contributed by atoms with E-state index in [9.17, 15) is 44.1 Å². The Labute approximate surface area is 747 Å². The molecule has 6 heterocycles. The van der Waals surface area contributed by atoms with E-state index in [2.05, 4.69) is 41.5 Å². The number of aryl methyl sites for hydroxylation is 2. The number of unbranched alkanes of at least 4 members (excludes halogenated alkanes) is 32. The Bertz CT molecular complexity index is 4760. The lowest BCUT2D eigenvalue weighted by atomic mass is 9.84. The lowest BCUT2D eigenvalue weighted by Gasteiger charge is -2.38. The Morgan fingerprint density at radius 2 is 0.790 bits per heavy atom. The van der Waals surface area contributed by atoms with Crippen LogP contribution in [0.3, 0.4) is 0 Å². The number of carboxylic acid groups (broad SMARTS) is 2. The zero-order valence-electron chi connectivity index (χ0n) is 82.2. The van der Waals surface area contributed by atoms with Crippen molar-refractivity contribution in [3.8, 4) is 34.5 Å². The first kappa shape index (κ1) is 90.9. The van der Waals surface area contributed by atoms with Gasteiger partial charge in [0.15, 0.2) is 47.2 Å². The van der Waals surface area contributed by atoms with E-state index in [4.69, 9.17) is 45.5 Å². The number of rotatable bonds is 52. The number of pyridine rings is 2. The molecule has 0 bridgehead atoms. The number of nitrogens with zero attached hydrogens (tertiary/aromatic N) is 2. The van der Waals surface area contributed by atoms with Crippen LogP contribution < -0.4 is 58.6 Å². The van der Waals surface area contributed by atoms with E-state index in [1.807, 2.05) is 61.4 Å². The summed E-state index contributed by atoms with van der Waals surface area (Å²) in [6, 6.07) is 17.3. The second-order valence-electron chi connectivity index (χ2n) is 34.9. The molecule has 4 aromatic heterocycles. The molecule has 10 rings (SSSR count). The number of aliphatic hydroxyl groups excluding tert-OH is 1. The summed E-state index contributed by atoms with van der Waals surface area (Å²) in [7, 11) is 0. The molecule has 0 saturated carbocycles. The lowest BCUT2D eigenvalue weighted by molar-refractivity contribution is -0.697. The molecule has 19 nitrogen and oxygen atoms in total. The zero-order valence-corrected chi connectivity index (χ0v) is 76.2. The molecule has 0 saturated heterocycles. The van der Waals surface area contributed by atoms with Gasteiger partial charge in [-0.3, -0.25) is 9.59 Å². The van der Waals surface area contributed by atoms with Gasteiger partial charge in [0.2, 0.25) is 0 Å². The van der Waals surface area contributed by atoms with Crippen LogP contribution in [0, 0.1) is 41.4 Å². The predicted octanol–water partition coefficient (Wildman–Crippen LogP) is 22.8. The van der Waals surface area contributed by atoms with Gasteiger partial charge in [-0.1, -0.05) is 232 Å². The molecule has 124 heavy (non-hydrogen) atoms. The maximum absolute atomic E-state index is 13.4. The summed E-state index contributed by atoms with van der Waals surface area (Å²) in [5.41, 5.74) is 3.34. The minimum atomic E-state index is -2.44. The second-order valence-corrected chi connectivity index (χ2v) is 34.9. The molecule has 2 atom stereocenters. The number of carbonyl (C=O) groups excluding carboxylic acids is 4. The molecule has 2 aliphatic rings. The molecule has 2 aliphatic heterocycles. The van der Waals surface area contributed by atoms with E-state index < -0.39 is 66.1 Å². The number of hydrogen-bond acceptors (Lipinski definition) is 17. The van der Waals surface area contributed by atoms with Gasteiger partial charge in [-0.05, 0) is 189 Å². The third-order valence-electron chi connectivity index (χ3n) is 24.5. The number of esters is 2. The van der Waals surface area contributed by atoms with E-state index in [0.29, 0.717) is 57.7 Å². The van der Waals surface area contributed by atoms with Gasteiger partial charge in [0.05, 0.1) is 0 Å². The summed E-state index contributed by atoms with van der Waals surface area (Å²) in [6.45, 7) is 17.0. The van der Waals surface area contributed by atoms with Crippen molar-refractivity contribution in [3.63, 3.8) is 0 Å². The Morgan fingerprint density at radius 1 is 0.468 bits per heavy atom. The summed E-state index contributed by atoms with van der Waals surface area (Å²) >= 11 is 0. The average Bonchev–Trinajstić information content (AvgIpc) is 0.734. The van der Waals surface area contributed by atoms with Crippen molar-refractivity contribution in [1.29, 1.82) is 0 Å². The molecule has 1 N–H and O–H groups in total. The number of benzene rings is 4. The molecule has 0 amide bonds. The predicted molar refractivity (Wildman–Crippen MR) is 488 cm³/mol. The first-order chi connectivity index (χ1) is 62.2. The van der Waals surface area contributed by atoms with Crippen LogP contribution in [-0.2, 0) is 25.9 Å². The van der Waals surface area contributed by atoms with Crippen LogP contribution in [0.1, 0.15) is 393 Å². The Balaban J connectivity index is 0.000000244. The Morgan fingerprint density at radius 3 is 1.11 bits per heavy atom. The molecule has 2 unspecified atom stereocenters. The van der Waals surface area contributed by atoms with Gasteiger partial charge in [0.25, 0.3) is 0 Å². The molecule has 0 radical (unpaired) electrons. The van der Waals surface area contributed by atoms with E-state index in [-0.39, 0.29) is 80.5 Å². The number of ether oxygens (including phenoxy) is 6. The number of aliphatic hydroxyl groups is 1. The topological polar surface area (TPSA) is 258 Å². The highest BCUT2D eigenvalue weighted by Gasteiger charge is 2.37. The first-order valence-corrected chi connectivity index (χ1v) is 46.9. The molecule has 678 valence electrons. The van der Waals surface area contributed by atoms with Crippen LogP contribution in [0.25, 0.3) is 21.9 Å². The van der Waals surface area contributed by atoms with Gasteiger partial charge in [0, 0.05) is 56.5 Å². The Kier molecular flexibility index (Phi) is 38.5. The molecule has 8 aromatic rings. The standard InChI is InChI=1S/2C41H66NO3.C23H16O11/c2*1-7-9-11-13-14-15-16-17-18-19-20-21-22-23-28-41(6)29-27-37-35(5)38(33(3)34(4)39(37)45-41)44-40(43)36-26-25-31-42(32-36)30-24-12-10-8-2;24-11(9-31-14-3-1-5-16-20(14)12(25)7-18(33-16)22(27)28)10-32-15-4-2-6-17-21(15)13(26)8-19(34-17)23(29)30/h2*25-26,31-32H,7-24,27-30H2,1-6H3;1-8,11,24H,9-10H2,(H,27,28)(H,29,30)/q2*+1;/p-2/i2*5T3;18+2,19+2,22+2,23+2. The van der Waals surface area contributed by atoms with Crippen molar-refractivity contribution in [3.05, 3.63) is 185 Å². The second kappa shape index (κ2) is 52.6. The lowest BCUT2D eigenvalue weighted by Crippen LogP contribution is -2.37. The average molecular weight is 1730 g/mol. The smallest absolute Gasteiger partial charge is 0.349 e. The SMILES string of the molecule is O=c1c[14c]([14C](=O)[O-])oc2cccc(OCC(O)COc3cccc4o[14c]([14C](=O)[O-])cc(=O)c34)c12.[3H]C([3H])([3H])c1c2c(c(C)c(C)c1OC(=O)c1ccc[n+](CCCCCC)c1)OC(C)(CCCCCCCCCCCCCCCC)CC2.[3H]C([3H])([3H])c1c2c(c(C)c(C)c1OC(=O)c1ccc[n+](CCCCCC)c1)OC(C)(CCCCCCCCCCCCCCCC)CC2. The van der Waals surface area contributed by atoms with Crippen LogP contribution in [0.15, 0.2) is 116 Å². The minimum Gasteiger partial charge on any atom is -0.542 e. The molecule has 0 aliphatic carbocycles. The van der Waals surface area contributed by atoms with E-state index >= 15 is 0 Å².